The number of nitrogens with two attached hydrogens (primary N) is 1. The molecular formula is C10H15N7O. The summed E-state index contributed by atoms with van der Waals surface area (Å²) in [5, 5.41) is 3.07. The van der Waals surface area contributed by atoms with Crippen molar-refractivity contribution in [2.45, 2.75) is 6.54 Å². The van der Waals surface area contributed by atoms with Crippen molar-refractivity contribution < 1.29 is 4.42 Å². The SMILES string of the molecule is CN(C)c1nc(NN)nc(NCc2ccoc2)n1. The van der Waals surface area contributed by atoms with Gasteiger partial charge in [0.15, 0.2) is 0 Å². The van der Waals surface area contributed by atoms with Crippen LogP contribution in [0, 0.1) is 0 Å². The van der Waals surface area contributed by atoms with Crippen LogP contribution in [0.15, 0.2) is 23.0 Å². The fourth-order valence-electron chi connectivity index (χ4n) is 1.28. The molecule has 2 rings (SSSR count). The number of nitrogens with one attached hydrogen (secondary N) is 2. The highest BCUT2D eigenvalue weighted by Gasteiger charge is 2.07. The zero-order valence-corrected chi connectivity index (χ0v) is 10.2. The van der Waals surface area contributed by atoms with Crippen LogP contribution in [0.25, 0.3) is 0 Å². The summed E-state index contributed by atoms with van der Waals surface area (Å²) in [6.07, 6.45) is 3.27. The van der Waals surface area contributed by atoms with Crippen LogP contribution in [0.4, 0.5) is 17.8 Å². The molecule has 0 atom stereocenters. The first-order valence-corrected chi connectivity index (χ1v) is 5.34. The maximum atomic E-state index is 5.31. The van der Waals surface area contributed by atoms with Crippen LogP contribution in [0.1, 0.15) is 5.56 Å². The molecule has 2 aromatic heterocycles. The molecule has 0 unspecified atom stereocenters. The molecule has 96 valence electrons. The molecule has 8 nitrogen and oxygen atoms in total. The third kappa shape index (κ3) is 2.86. The lowest BCUT2D eigenvalue weighted by Gasteiger charge is -2.12. The van der Waals surface area contributed by atoms with Gasteiger partial charge in [0.25, 0.3) is 0 Å². The monoisotopic (exact) mass is 249 g/mol. The number of nitrogen functional groups attached to an aromatic ring is 1. The quantitative estimate of drug-likeness (QED) is 0.517. The minimum Gasteiger partial charge on any atom is -0.472 e. The first-order chi connectivity index (χ1) is 8.69. The summed E-state index contributed by atoms with van der Waals surface area (Å²) in [6, 6.07) is 1.86. The van der Waals surface area contributed by atoms with Gasteiger partial charge in [0, 0.05) is 26.2 Å². The molecule has 0 aromatic carbocycles. The van der Waals surface area contributed by atoms with Crippen molar-refractivity contribution >= 4 is 17.8 Å². The smallest absolute Gasteiger partial charge is 0.243 e. The van der Waals surface area contributed by atoms with Gasteiger partial charge in [-0.3, -0.25) is 5.43 Å². The minimum atomic E-state index is 0.309. The predicted molar refractivity (Wildman–Crippen MR) is 68.0 cm³/mol. The number of hydrazine groups is 1. The Hall–Kier alpha value is -2.35. The van der Waals surface area contributed by atoms with E-state index in [1.54, 1.807) is 17.4 Å². The summed E-state index contributed by atoms with van der Waals surface area (Å²) in [5.41, 5.74) is 3.41. The molecule has 0 spiro atoms. The van der Waals surface area contributed by atoms with Crippen molar-refractivity contribution in [1.29, 1.82) is 0 Å². The Morgan fingerprint density at radius 3 is 2.67 bits per heavy atom. The lowest BCUT2D eigenvalue weighted by atomic mass is 10.3. The summed E-state index contributed by atoms with van der Waals surface area (Å²) in [7, 11) is 3.69. The third-order valence-electron chi connectivity index (χ3n) is 2.18. The molecule has 8 heteroatoms. The lowest BCUT2D eigenvalue weighted by Crippen LogP contribution is -2.19. The van der Waals surface area contributed by atoms with Crippen LogP contribution in [-0.4, -0.2) is 29.0 Å². The van der Waals surface area contributed by atoms with E-state index in [2.05, 4.69) is 25.7 Å². The highest BCUT2D eigenvalue weighted by atomic mass is 16.3. The number of furan rings is 1. The molecule has 0 aliphatic carbocycles. The highest BCUT2D eigenvalue weighted by Crippen LogP contribution is 2.11. The normalized spacial score (nSPS) is 10.2. The van der Waals surface area contributed by atoms with E-state index in [9.17, 15) is 0 Å². The van der Waals surface area contributed by atoms with E-state index in [-0.39, 0.29) is 0 Å². The highest BCUT2D eigenvalue weighted by molar-refractivity contribution is 5.42. The molecule has 0 bridgehead atoms. The first kappa shape index (κ1) is 12.1. The average Bonchev–Trinajstić information content (AvgIpc) is 2.89. The third-order valence-corrected chi connectivity index (χ3v) is 2.18. The molecule has 0 radical (unpaired) electrons. The standard InChI is InChI=1S/C10H15N7O/c1-17(2)10-14-8(13-9(15-10)16-11)12-5-7-3-4-18-6-7/h3-4,6H,5,11H2,1-2H3,(H2,12,13,14,15,16). The molecule has 4 N–H and O–H groups in total. The largest absolute Gasteiger partial charge is 0.472 e. The number of nitrogens with zero attached hydrogens (tertiary/aromatic N) is 4. The van der Waals surface area contributed by atoms with Crippen LogP contribution in [0.5, 0.6) is 0 Å². The summed E-state index contributed by atoms with van der Waals surface area (Å²) < 4.78 is 4.98. The molecule has 0 saturated carbocycles. The Bertz CT molecular complexity index is 497. The molecule has 2 heterocycles. The van der Waals surface area contributed by atoms with E-state index < -0.39 is 0 Å². The van der Waals surface area contributed by atoms with Gasteiger partial charge in [-0.25, -0.2) is 5.84 Å². The van der Waals surface area contributed by atoms with Crippen LogP contribution in [-0.2, 0) is 6.54 Å². The maximum Gasteiger partial charge on any atom is 0.243 e. The van der Waals surface area contributed by atoms with E-state index in [1.165, 1.54) is 0 Å². The maximum absolute atomic E-state index is 5.31. The molecule has 0 aliphatic rings. The van der Waals surface area contributed by atoms with Crippen molar-refractivity contribution in [2.24, 2.45) is 5.84 Å². The second-order valence-electron chi connectivity index (χ2n) is 3.81. The molecule has 18 heavy (non-hydrogen) atoms. The summed E-state index contributed by atoms with van der Waals surface area (Å²) in [4.78, 5) is 14.2. The number of anilines is 3. The van der Waals surface area contributed by atoms with Gasteiger partial charge in [-0.2, -0.15) is 15.0 Å². The van der Waals surface area contributed by atoms with Crippen molar-refractivity contribution in [2.75, 3.05) is 29.7 Å². The zero-order chi connectivity index (χ0) is 13.0. The fourth-order valence-corrected chi connectivity index (χ4v) is 1.28. The molecule has 0 aliphatic heterocycles. The van der Waals surface area contributed by atoms with Gasteiger partial charge in [-0.15, -0.1) is 0 Å². The first-order valence-electron chi connectivity index (χ1n) is 5.34. The fraction of sp³-hybridized carbons (Fsp3) is 0.300. The second kappa shape index (κ2) is 5.32. The predicted octanol–water partition coefficient (Wildman–Crippen LogP) is 0.428. The van der Waals surface area contributed by atoms with Crippen LogP contribution in [0.2, 0.25) is 0 Å². The molecule has 0 saturated heterocycles. The van der Waals surface area contributed by atoms with Crippen LogP contribution in [0.3, 0.4) is 0 Å². The van der Waals surface area contributed by atoms with Crippen molar-refractivity contribution in [3.05, 3.63) is 24.2 Å². The van der Waals surface area contributed by atoms with E-state index >= 15 is 0 Å². The molecule has 0 fully saturated rings. The van der Waals surface area contributed by atoms with Gasteiger partial charge in [0.05, 0.1) is 12.5 Å². The summed E-state index contributed by atoms with van der Waals surface area (Å²) in [5.74, 6) is 6.59. The summed E-state index contributed by atoms with van der Waals surface area (Å²) >= 11 is 0. The van der Waals surface area contributed by atoms with Crippen molar-refractivity contribution in [1.82, 2.24) is 15.0 Å². The molecule has 2 aromatic rings. The minimum absolute atomic E-state index is 0.309. The molecule has 0 amide bonds. The van der Waals surface area contributed by atoms with Gasteiger partial charge in [0.2, 0.25) is 17.8 Å². The van der Waals surface area contributed by atoms with Crippen LogP contribution >= 0.6 is 0 Å². The van der Waals surface area contributed by atoms with E-state index in [0.29, 0.717) is 24.4 Å². The van der Waals surface area contributed by atoms with Gasteiger partial charge in [0.1, 0.15) is 0 Å². The number of rotatable bonds is 5. The Kier molecular flexibility index (Phi) is 3.58. The lowest BCUT2D eigenvalue weighted by molar-refractivity contribution is 0.564. The van der Waals surface area contributed by atoms with Gasteiger partial charge < -0.3 is 14.6 Å². The zero-order valence-electron chi connectivity index (χ0n) is 10.2. The van der Waals surface area contributed by atoms with E-state index in [1.807, 2.05) is 20.2 Å². The topological polar surface area (TPSA) is 105 Å². The summed E-state index contributed by atoms with van der Waals surface area (Å²) in [6.45, 7) is 0.567. The van der Waals surface area contributed by atoms with E-state index in [0.717, 1.165) is 5.56 Å². The van der Waals surface area contributed by atoms with E-state index in [4.69, 9.17) is 10.3 Å². The average molecular weight is 249 g/mol. The number of hydrogen-bond acceptors (Lipinski definition) is 8. The van der Waals surface area contributed by atoms with Gasteiger partial charge in [-0.05, 0) is 6.07 Å². The molecular weight excluding hydrogens is 234 g/mol. The van der Waals surface area contributed by atoms with Gasteiger partial charge >= 0.3 is 0 Å². The van der Waals surface area contributed by atoms with Crippen molar-refractivity contribution in [3.8, 4) is 0 Å². The van der Waals surface area contributed by atoms with Crippen molar-refractivity contribution in [3.63, 3.8) is 0 Å². The second-order valence-corrected chi connectivity index (χ2v) is 3.81. The Morgan fingerprint density at radius 1 is 1.28 bits per heavy atom. The van der Waals surface area contributed by atoms with Crippen LogP contribution < -0.4 is 21.5 Å². The number of hydrogen-bond donors (Lipinski definition) is 3. The Balaban J connectivity index is 2.13. The Labute approximate surface area is 104 Å². The number of aromatic nitrogens is 3. The van der Waals surface area contributed by atoms with Gasteiger partial charge in [-0.1, -0.05) is 0 Å². The Morgan fingerprint density at radius 2 is 2.06 bits per heavy atom.